The third-order valence-corrected chi connectivity index (χ3v) is 10.5. The van der Waals surface area contributed by atoms with Crippen LogP contribution >= 0.6 is 23.2 Å². The van der Waals surface area contributed by atoms with Crippen LogP contribution in [0.25, 0.3) is 22.4 Å². The molecule has 1 aromatic heterocycles. The lowest BCUT2D eigenvalue weighted by molar-refractivity contribution is 0.142. The predicted molar refractivity (Wildman–Crippen MR) is 190 cm³/mol. The van der Waals surface area contributed by atoms with Gasteiger partial charge in [0.2, 0.25) is 5.88 Å². The van der Waals surface area contributed by atoms with Gasteiger partial charge in [-0.05, 0) is 64.7 Å². The molecular formula is C35H30Cl2N6O5S. The Bertz CT molecular complexity index is 2150. The number of aliphatic hydroxyl groups is 1. The van der Waals surface area contributed by atoms with E-state index in [0.29, 0.717) is 53.4 Å². The standard InChI is InChI=1S/C35H30Cl2N6O5S/c36-26-9-14-29(30(37)19-26)31-20-38-34(39-31)33(25-7-12-28(13-8-25)43-21-32(44)40-49(43,47)48)24-3-1-22(2-4-24)23-5-10-27(11-6-23)41-15-17-42(18-16-41)35(45)46/h1-14,19-21,33,40,44H,15-18H2,(H,38,39)(H,45,46). The Morgan fingerprint density at radius 2 is 1.41 bits per heavy atom. The Morgan fingerprint density at radius 1 is 0.816 bits per heavy atom. The molecule has 1 amide bonds. The van der Waals surface area contributed by atoms with Crippen molar-refractivity contribution in [3.05, 3.63) is 136 Å². The maximum atomic E-state index is 12.4. The molecule has 2 aliphatic rings. The second kappa shape index (κ2) is 13.0. The summed E-state index contributed by atoms with van der Waals surface area (Å²) >= 11 is 12.6. The minimum absolute atomic E-state index is 0.355. The first-order valence-electron chi connectivity index (χ1n) is 15.3. The van der Waals surface area contributed by atoms with Crippen LogP contribution < -0.4 is 13.9 Å². The highest BCUT2D eigenvalue weighted by Gasteiger charge is 2.29. The minimum Gasteiger partial charge on any atom is -0.493 e. The Labute approximate surface area is 292 Å². The second-order valence-corrected chi connectivity index (χ2v) is 14.1. The van der Waals surface area contributed by atoms with Gasteiger partial charge in [0, 0.05) is 42.5 Å². The maximum Gasteiger partial charge on any atom is 0.407 e. The molecule has 1 unspecified atom stereocenters. The minimum atomic E-state index is -3.93. The number of carbonyl (C=O) groups is 1. The summed E-state index contributed by atoms with van der Waals surface area (Å²) in [6, 6.07) is 28.7. The lowest BCUT2D eigenvalue weighted by Crippen LogP contribution is -2.48. The fourth-order valence-corrected chi connectivity index (χ4v) is 7.70. The summed E-state index contributed by atoms with van der Waals surface area (Å²) in [4.78, 5) is 23.1. The Morgan fingerprint density at radius 3 is 1.98 bits per heavy atom. The average molecular weight is 718 g/mol. The SMILES string of the molecule is O=C(O)N1CCN(c2ccc(-c3ccc(C(c4ccc(N5C=C(O)NS5(=O)=O)cc4)c4ncc(-c5ccc(Cl)cc5Cl)[nH]4)cc3)cc2)CC1. The van der Waals surface area contributed by atoms with Gasteiger partial charge < -0.3 is 25.0 Å². The van der Waals surface area contributed by atoms with Crippen molar-refractivity contribution in [1.82, 2.24) is 19.6 Å². The lowest BCUT2D eigenvalue weighted by atomic mass is 9.89. The van der Waals surface area contributed by atoms with E-state index >= 15 is 0 Å². The van der Waals surface area contributed by atoms with Crippen LogP contribution in [-0.2, 0) is 10.2 Å². The number of amides is 1. The van der Waals surface area contributed by atoms with E-state index in [0.717, 1.165) is 44.0 Å². The molecule has 0 bridgehead atoms. The molecule has 4 aromatic carbocycles. The quantitative estimate of drug-likeness (QED) is 0.142. The zero-order valence-electron chi connectivity index (χ0n) is 25.8. The van der Waals surface area contributed by atoms with Crippen molar-refractivity contribution >= 4 is 50.9 Å². The highest BCUT2D eigenvalue weighted by atomic mass is 35.5. The number of piperazine rings is 1. The van der Waals surface area contributed by atoms with Crippen molar-refractivity contribution in [2.24, 2.45) is 0 Å². The number of aromatic amines is 1. The molecule has 0 radical (unpaired) electrons. The average Bonchev–Trinajstić information content (AvgIpc) is 3.68. The molecule has 1 fully saturated rings. The number of aromatic nitrogens is 2. The number of anilines is 2. The number of imidazole rings is 1. The molecule has 2 aliphatic heterocycles. The van der Waals surface area contributed by atoms with Crippen LogP contribution in [0.4, 0.5) is 16.2 Å². The first-order chi connectivity index (χ1) is 23.6. The Balaban J connectivity index is 1.18. The summed E-state index contributed by atoms with van der Waals surface area (Å²) < 4.78 is 27.9. The third-order valence-electron chi connectivity index (χ3n) is 8.66. The molecule has 1 saturated heterocycles. The Kier molecular flexibility index (Phi) is 8.61. The molecule has 1 atom stereocenters. The number of nitrogens with zero attached hydrogens (tertiary/aromatic N) is 4. The van der Waals surface area contributed by atoms with Gasteiger partial charge in [-0.15, -0.1) is 0 Å². The van der Waals surface area contributed by atoms with Crippen molar-refractivity contribution in [3.63, 3.8) is 0 Å². The normalized spacial score (nSPS) is 16.3. The number of nitrogens with one attached hydrogen (secondary N) is 2. The van der Waals surface area contributed by atoms with Gasteiger partial charge >= 0.3 is 16.3 Å². The summed E-state index contributed by atoms with van der Waals surface area (Å²) in [6.45, 7) is 2.24. The highest BCUT2D eigenvalue weighted by Crippen LogP contribution is 2.36. The molecule has 250 valence electrons. The zero-order valence-corrected chi connectivity index (χ0v) is 28.1. The number of aliphatic hydroxyl groups excluding tert-OH is 1. The molecule has 0 aliphatic carbocycles. The molecule has 3 heterocycles. The van der Waals surface area contributed by atoms with E-state index in [4.69, 9.17) is 28.2 Å². The molecule has 0 spiro atoms. The first-order valence-corrected chi connectivity index (χ1v) is 17.5. The predicted octanol–water partition coefficient (Wildman–Crippen LogP) is 7.04. The van der Waals surface area contributed by atoms with Gasteiger partial charge in [0.1, 0.15) is 5.82 Å². The fourth-order valence-electron chi connectivity index (χ4n) is 6.14. The van der Waals surface area contributed by atoms with Gasteiger partial charge in [-0.3, -0.25) is 0 Å². The molecule has 4 N–H and O–H groups in total. The van der Waals surface area contributed by atoms with Crippen molar-refractivity contribution < 1.29 is 23.4 Å². The van der Waals surface area contributed by atoms with E-state index in [1.54, 1.807) is 30.5 Å². The lowest BCUT2D eigenvalue weighted by Gasteiger charge is -2.34. The van der Waals surface area contributed by atoms with Crippen molar-refractivity contribution in [1.29, 1.82) is 0 Å². The maximum absolute atomic E-state index is 12.4. The second-order valence-electron chi connectivity index (χ2n) is 11.7. The number of H-pyrrole nitrogens is 1. The number of hydrogen-bond acceptors (Lipinski definition) is 6. The van der Waals surface area contributed by atoms with E-state index in [-0.39, 0.29) is 5.92 Å². The molecule has 7 rings (SSSR count). The molecular weight excluding hydrogens is 687 g/mol. The van der Waals surface area contributed by atoms with Gasteiger partial charge in [0.25, 0.3) is 0 Å². The molecule has 11 nitrogen and oxygen atoms in total. The fraction of sp³-hybridized carbons (Fsp3) is 0.143. The third kappa shape index (κ3) is 6.62. The number of hydrogen-bond donors (Lipinski definition) is 4. The highest BCUT2D eigenvalue weighted by molar-refractivity contribution is 7.91. The zero-order chi connectivity index (χ0) is 34.3. The Hall–Kier alpha value is -5.17. The van der Waals surface area contributed by atoms with Gasteiger partial charge in [-0.1, -0.05) is 71.7 Å². The van der Waals surface area contributed by atoms with Gasteiger partial charge in [-0.2, -0.15) is 8.42 Å². The van der Waals surface area contributed by atoms with Crippen molar-refractivity contribution in [2.45, 2.75) is 5.92 Å². The van der Waals surface area contributed by atoms with Crippen LogP contribution in [0.3, 0.4) is 0 Å². The van der Waals surface area contributed by atoms with E-state index in [2.05, 4.69) is 38.9 Å². The van der Waals surface area contributed by atoms with Crippen LogP contribution in [-0.4, -0.2) is 65.8 Å². The van der Waals surface area contributed by atoms with E-state index in [1.165, 1.54) is 4.90 Å². The monoisotopic (exact) mass is 716 g/mol. The number of rotatable bonds is 7. The van der Waals surface area contributed by atoms with Gasteiger partial charge in [-0.25, -0.2) is 18.8 Å². The van der Waals surface area contributed by atoms with Crippen LogP contribution in [0.15, 0.2) is 109 Å². The summed E-state index contributed by atoms with van der Waals surface area (Å²) in [7, 11) is -3.93. The van der Waals surface area contributed by atoms with E-state index < -0.39 is 22.2 Å². The molecule has 0 saturated carbocycles. The van der Waals surface area contributed by atoms with E-state index in [1.807, 2.05) is 42.5 Å². The largest absolute Gasteiger partial charge is 0.493 e. The summed E-state index contributed by atoms with van der Waals surface area (Å²) in [5.74, 6) is -0.159. The van der Waals surface area contributed by atoms with Gasteiger partial charge in [0.15, 0.2) is 0 Å². The van der Waals surface area contributed by atoms with Crippen LogP contribution in [0, 0.1) is 0 Å². The van der Waals surface area contributed by atoms with Crippen molar-refractivity contribution in [3.8, 4) is 22.4 Å². The molecule has 14 heteroatoms. The number of halogens is 2. The molecule has 5 aromatic rings. The van der Waals surface area contributed by atoms with Crippen LogP contribution in [0.2, 0.25) is 10.0 Å². The van der Waals surface area contributed by atoms with E-state index in [9.17, 15) is 23.4 Å². The first kappa shape index (κ1) is 32.4. The topological polar surface area (TPSA) is 142 Å². The smallest absolute Gasteiger partial charge is 0.407 e. The van der Waals surface area contributed by atoms with Gasteiger partial charge in [0.05, 0.1) is 34.7 Å². The summed E-state index contributed by atoms with van der Waals surface area (Å²) in [5.41, 5.74) is 6.72. The molecule has 49 heavy (non-hydrogen) atoms. The van der Waals surface area contributed by atoms with Crippen LogP contribution in [0.1, 0.15) is 22.9 Å². The summed E-state index contributed by atoms with van der Waals surface area (Å²) in [6.07, 6.45) is 1.95. The summed E-state index contributed by atoms with van der Waals surface area (Å²) in [5, 5.41) is 20.0. The number of benzene rings is 4. The number of carboxylic acid groups (broad SMARTS) is 1. The van der Waals surface area contributed by atoms with Crippen LogP contribution in [0.5, 0.6) is 0 Å². The van der Waals surface area contributed by atoms with Crippen molar-refractivity contribution in [2.75, 3.05) is 35.4 Å².